The van der Waals surface area contributed by atoms with Gasteiger partial charge in [0.05, 0.1) is 23.3 Å². The summed E-state index contributed by atoms with van der Waals surface area (Å²) in [4.78, 5) is 19.8. The van der Waals surface area contributed by atoms with E-state index in [1.807, 2.05) is 50.2 Å². The molecule has 0 saturated heterocycles. The van der Waals surface area contributed by atoms with E-state index in [1.54, 1.807) is 17.9 Å². The number of aromatic nitrogens is 6. The van der Waals surface area contributed by atoms with Crippen molar-refractivity contribution in [3.05, 3.63) is 64.2 Å². The van der Waals surface area contributed by atoms with Crippen LogP contribution in [0.4, 0.5) is 0 Å². The van der Waals surface area contributed by atoms with Gasteiger partial charge in [0, 0.05) is 0 Å². The van der Waals surface area contributed by atoms with Gasteiger partial charge in [-0.1, -0.05) is 30.0 Å². The van der Waals surface area contributed by atoms with E-state index in [1.165, 1.54) is 11.8 Å². The summed E-state index contributed by atoms with van der Waals surface area (Å²) < 4.78 is 7.08. The van der Waals surface area contributed by atoms with Crippen LogP contribution in [0.15, 0.2) is 52.4 Å². The van der Waals surface area contributed by atoms with Gasteiger partial charge in [0.2, 0.25) is 5.16 Å². The summed E-state index contributed by atoms with van der Waals surface area (Å²) in [5, 5.41) is 13.0. The van der Waals surface area contributed by atoms with Crippen LogP contribution in [0.3, 0.4) is 0 Å². The Bertz CT molecular complexity index is 1200. The predicted octanol–water partition coefficient (Wildman–Crippen LogP) is 3.07. The van der Waals surface area contributed by atoms with Crippen molar-refractivity contribution in [3.8, 4) is 11.4 Å². The molecule has 4 aromatic rings. The van der Waals surface area contributed by atoms with Gasteiger partial charge in [-0.25, -0.2) is 4.98 Å². The molecule has 0 fully saturated rings. The number of nitrogens with zero attached hydrogens (tertiary/aromatic N) is 5. The molecule has 4 rings (SSSR count). The van der Waals surface area contributed by atoms with Crippen molar-refractivity contribution >= 4 is 22.7 Å². The molecule has 2 heterocycles. The molecule has 9 heteroatoms. The minimum atomic E-state index is -0.169. The molecular formula is C19H18N6O2S. The molecule has 8 nitrogen and oxygen atoms in total. The zero-order valence-electron chi connectivity index (χ0n) is 15.6. The molecule has 2 aromatic heterocycles. The Morgan fingerprint density at radius 3 is 2.86 bits per heavy atom. The van der Waals surface area contributed by atoms with E-state index < -0.39 is 0 Å². The Hall–Kier alpha value is -3.20. The minimum Gasteiger partial charge on any atom is -0.494 e. The summed E-state index contributed by atoms with van der Waals surface area (Å²) in [6.07, 6.45) is 0. The highest BCUT2D eigenvalue weighted by Gasteiger charge is 2.19. The van der Waals surface area contributed by atoms with Crippen LogP contribution in [0, 0.1) is 6.92 Å². The number of methoxy groups -OCH3 is 1. The number of hydrogen-bond acceptors (Lipinski definition) is 7. The molecule has 142 valence electrons. The minimum absolute atomic E-state index is 0.159. The van der Waals surface area contributed by atoms with Crippen LogP contribution in [-0.2, 0) is 0 Å². The quantitative estimate of drug-likeness (QED) is 0.519. The Morgan fingerprint density at radius 2 is 2.04 bits per heavy atom. The highest BCUT2D eigenvalue weighted by Crippen LogP contribution is 2.34. The average Bonchev–Trinajstić information content (AvgIpc) is 3.15. The fraction of sp³-hybridized carbons (Fsp3) is 0.211. The standard InChI is InChI=1S/C19H18N6O2S/c1-11-8-9-16(27-3)15(10-11)25-19(22-23-24-25)28-12(2)17-20-14-7-5-4-6-13(14)18(26)21-17/h4-10,12H,1-3H3,(H,20,21,26). The molecule has 1 N–H and O–H groups in total. The third-order valence-electron chi connectivity index (χ3n) is 4.30. The molecule has 0 radical (unpaired) electrons. The van der Waals surface area contributed by atoms with E-state index >= 15 is 0 Å². The van der Waals surface area contributed by atoms with Crippen molar-refractivity contribution in [2.75, 3.05) is 7.11 Å². The maximum Gasteiger partial charge on any atom is 0.258 e. The molecule has 2 aromatic carbocycles. The van der Waals surface area contributed by atoms with Crippen molar-refractivity contribution in [3.63, 3.8) is 0 Å². The van der Waals surface area contributed by atoms with Crippen LogP contribution in [0.1, 0.15) is 23.6 Å². The van der Waals surface area contributed by atoms with Gasteiger partial charge >= 0.3 is 0 Å². The Kier molecular flexibility index (Phi) is 4.82. The number of H-pyrrole nitrogens is 1. The first-order chi connectivity index (χ1) is 13.6. The van der Waals surface area contributed by atoms with Gasteiger partial charge in [0.1, 0.15) is 17.3 Å². The molecular weight excluding hydrogens is 376 g/mol. The van der Waals surface area contributed by atoms with Crippen LogP contribution in [-0.4, -0.2) is 37.3 Å². The molecule has 28 heavy (non-hydrogen) atoms. The van der Waals surface area contributed by atoms with Crippen LogP contribution in [0.25, 0.3) is 16.6 Å². The van der Waals surface area contributed by atoms with Crippen LogP contribution >= 0.6 is 11.8 Å². The van der Waals surface area contributed by atoms with Crippen molar-refractivity contribution < 1.29 is 4.74 Å². The number of hydrogen-bond donors (Lipinski definition) is 1. The zero-order chi connectivity index (χ0) is 19.7. The number of benzene rings is 2. The Morgan fingerprint density at radius 1 is 1.21 bits per heavy atom. The second kappa shape index (κ2) is 7.43. The maximum absolute atomic E-state index is 12.3. The second-order valence-electron chi connectivity index (χ2n) is 6.28. The van der Waals surface area contributed by atoms with E-state index in [4.69, 9.17) is 4.74 Å². The first kappa shape index (κ1) is 18.2. The molecule has 0 aliphatic rings. The lowest BCUT2D eigenvalue weighted by molar-refractivity contribution is 0.410. The number of ether oxygens (including phenoxy) is 1. The van der Waals surface area contributed by atoms with Gasteiger partial charge < -0.3 is 9.72 Å². The number of thioether (sulfide) groups is 1. The van der Waals surface area contributed by atoms with Crippen LogP contribution < -0.4 is 10.3 Å². The second-order valence-corrected chi connectivity index (χ2v) is 7.58. The van der Waals surface area contributed by atoms with Gasteiger partial charge in [-0.3, -0.25) is 4.79 Å². The number of aryl methyl sites for hydroxylation is 1. The van der Waals surface area contributed by atoms with E-state index in [9.17, 15) is 4.79 Å². The average molecular weight is 394 g/mol. The van der Waals surface area contributed by atoms with Crippen LogP contribution in [0.5, 0.6) is 5.75 Å². The zero-order valence-corrected chi connectivity index (χ0v) is 16.4. The number of para-hydroxylation sites is 1. The molecule has 0 aliphatic heterocycles. The summed E-state index contributed by atoms with van der Waals surface area (Å²) in [6, 6.07) is 13.1. The summed E-state index contributed by atoms with van der Waals surface area (Å²) in [5.41, 5.74) is 2.32. The first-order valence-corrected chi connectivity index (χ1v) is 9.54. The van der Waals surface area contributed by atoms with E-state index in [0.29, 0.717) is 27.6 Å². The number of tetrazole rings is 1. The van der Waals surface area contributed by atoms with Gasteiger partial charge in [-0.2, -0.15) is 4.68 Å². The maximum atomic E-state index is 12.3. The number of aromatic amines is 1. The summed E-state index contributed by atoms with van der Waals surface area (Å²) in [5.74, 6) is 1.24. The predicted molar refractivity (Wildman–Crippen MR) is 107 cm³/mol. The van der Waals surface area contributed by atoms with Crippen molar-refractivity contribution in [1.29, 1.82) is 0 Å². The molecule has 1 unspecified atom stereocenters. The Balaban J connectivity index is 1.69. The van der Waals surface area contributed by atoms with Crippen LogP contribution in [0.2, 0.25) is 0 Å². The molecule has 0 spiro atoms. The highest BCUT2D eigenvalue weighted by atomic mass is 32.2. The van der Waals surface area contributed by atoms with E-state index in [2.05, 4.69) is 25.5 Å². The van der Waals surface area contributed by atoms with Gasteiger partial charge in [-0.15, -0.1) is 5.10 Å². The van der Waals surface area contributed by atoms with Crippen molar-refractivity contribution in [1.82, 2.24) is 30.2 Å². The normalized spacial score (nSPS) is 12.2. The fourth-order valence-electron chi connectivity index (χ4n) is 2.88. The monoisotopic (exact) mass is 394 g/mol. The number of rotatable bonds is 5. The number of fused-ring (bicyclic) bond motifs is 1. The highest BCUT2D eigenvalue weighted by molar-refractivity contribution is 7.99. The van der Waals surface area contributed by atoms with Crippen molar-refractivity contribution in [2.24, 2.45) is 0 Å². The summed E-state index contributed by atoms with van der Waals surface area (Å²) in [7, 11) is 1.61. The van der Waals surface area contributed by atoms with Crippen molar-refractivity contribution in [2.45, 2.75) is 24.3 Å². The topological polar surface area (TPSA) is 98.6 Å². The molecule has 0 aliphatic carbocycles. The lowest BCUT2D eigenvalue weighted by atomic mass is 10.2. The molecule has 0 bridgehead atoms. The lowest BCUT2D eigenvalue weighted by Gasteiger charge is -2.13. The molecule has 0 saturated carbocycles. The SMILES string of the molecule is COc1ccc(C)cc1-n1nnnc1SC(C)c1nc2ccccc2c(=O)[nH]1. The summed E-state index contributed by atoms with van der Waals surface area (Å²) >= 11 is 1.41. The van der Waals surface area contributed by atoms with Gasteiger partial charge in [-0.05, 0) is 54.1 Å². The largest absolute Gasteiger partial charge is 0.494 e. The smallest absolute Gasteiger partial charge is 0.258 e. The Labute approximate surface area is 165 Å². The lowest BCUT2D eigenvalue weighted by Crippen LogP contribution is -2.13. The number of nitrogens with one attached hydrogen (secondary N) is 1. The molecule has 0 amide bonds. The van der Waals surface area contributed by atoms with E-state index in [-0.39, 0.29) is 10.8 Å². The molecule has 1 atom stereocenters. The summed E-state index contributed by atoms with van der Waals surface area (Å²) in [6.45, 7) is 3.94. The third kappa shape index (κ3) is 3.36. The van der Waals surface area contributed by atoms with E-state index in [0.717, 1.165) is 11.3 Å². The van der Waals surface area contributed by atoms with Gasteiger partial charge in [0.25, 0.3) is 5.56 Å². The third-order valence-corrected chi connectivity index (χ3v) is 5.34. The van der Waals surface area contributed by atoms with Gasteiger partial charge in [0.15, 0.2) is 0 Å². The fourth-order valence-corrected chi connectivity index (χ4v) is 3.74. The first-order valence-electron chi connectivity index (χ1n) is 8.66.